The SMILES string of the molecule is CCc1ccc(-c2c(O)cc(F)c(C(F)(F)Oc3ccc(OC(F)(F)F)c(F)c3)c2F)cc1. The van der Waals surface area contributed by atoms with Crippen LogP contribution >= 0.6 is 0 Å². The van der Waals surface area contributed by atoms with E-state index in [9.17, 15) is 35.8 Å². The summed E-state index contributed by atoms with van der Waals surface area (Å²) in [4.78, 5) is 0. The van der Waals surface area contributed by atoms with E-state index < -0.39 is 58.3 Å². The van der Waals surface area contributed by atoms with Crippen molar-refractivity contribution < 1.29 is 49.7 Å². The number of hydrogen-bond acceptors (Lipinski definition) is 3. The van der Waals surface area contributed by atoms with Crippen molar-refractivity contribution in [3.05, 3.63) is 77.1 Å². The molecule has 0 fully saturated rings. The molecular formula is C22H14F8O3. The number of rotatable bonds is 6. The summed E-state index contributed by atoms with van der Waals surface area (Å²) in [6.07, 6.45) is -9.35. The van der Waals surface area contributed by atoms with Crippen LogP contribution in [-0.4, -0.2) is 11.5 Å². The van der Waals surface area contributed by atoms with Crippen molar-refractivity contribution in [2.45, 2.75) is 25.8 Å². The van der Waals surface area contributed by atoms with Gasteiger partial charge in [0.1, 0.15) is 22.9 Å². The van der Waals surface area contributed by atoms with Gasteiger partial charge in [-0.2, -0.15) is 8.78 Å². The molecule has 3 aromatic carbocycles. The van der Waals surface area contributed by atoms with Gasteiger partial charge < -0.3 is 14.6 Å². The van der Waals surface area contributed by atoms with E-state index in [1.54, 1.807) is 12.1 Å². The molecule has 0 heterocycles. The number of benzene rings is 3. The lowest BCUT2D eigenvalue weighted by Gasteiger charge is -2.21. The summed E-state index contributed by atoms with van der Waals surface area (Å²) in [7, 11) is 0. The Morgan fingerprint density at radius 1 is 0.818 bits per heavy atom. The maximum atomic E-state index is 15.0. The van der Waals surface area contributed by atoms with Crippen LogP contribution in [0.1, 0.15) is 18.1 Å². The molecule has 3 nitrogen and oxygen atoms in total. The minimum atomic E-state index is -5.24. The van der Waals surface area contributed by atoms with E-state index in [1.165, 1.54) is 12.1 Å². The summed E-state index contributed by atoms with van der Waals surface area (Å²) in [5.41, 5.74) is -1.81. The van der Waals surface area contributed by atoms with Gasteiger partial charge in [-0.1, -0.05) is 31.2 Å². The Balaban J connectivity index is 2.00. The fourth-order valence-electron chi connectivity index (χ4n) is 3.01. The van der Waals surface area contributed by atoms with Gasteiger partial charge in [0.15, 0.2) is 17.4 Å². The van der Waals surface area contributed by atoms with Crippen LogP contribution in [0, 0.1) is 17.5 Å². The van der Waals surface area contributed by atoms with Crippen LogP contribution in [0.15, 0.2) is 48.5 Å². The Labute approximate surface area is 181 Å². The molecule has 0 saturated carbocycles. The number of phenolic OH excluding ortho intramolecular Hbond substituents is 1. The molecular weight excluding hydrogens is 464 g/mol. The Hall–Kier alpha value is -3.50. The second kappa shape index (κ2) is 8.80. The average Bonchev–Trinajstić information content (AvgIpc) is 2.68. The maximum Gasteiger partial charge on any atom is 0.573 e. The molecule has 3 rings (SSSR count). The Bertz CT molecular complexity index is 1160. The molecule has 3 aromatic rings. The van der Waals surface area contributed by atoms with Gasteiger partial charge in [-0.05, 0) is 29.7 Å². The third-order valence-electron chi connectivity index (χ3n) is 4.51. The first-order chi connectivity index (χ1) is 15.3. The number of aromatic hydroxyl groups is 1. The highest BCUT2D eigenvalue weighted by Crippen LogP contribution is 2.42. The molecule has 0 unspecified atom stereocenters. The normalized spacial score (nSPS) is 12.0. The molecule has 0 spiro atoms. The van der Waals surface area contributed by atoms with E-state index in [2.05, 4.69) is 9.47 Å². The van der Waals surface area contributed by atoms with Crippen LogP contribution in [0.25, 0.3) is 11.1 Å². The highest BCUT2D eigenvalue weighted by molar-refractivity contribution is 5.72. The van der Waals surface area contributed by atoms with Crippen LogP contribution in [-0.2, 0) is 12.5 Å². The van der Waals surface area contributed by atoms with Gasteiger partial charge in [0.05, 0.1) is 5.56 Å². The number of ether oxygens (including phenoxy) is 2. The summed E-state index contributed by atoms with van der Waals surface area (Å²) in [5, 5.41) is 9.97. The number of alkyl halides is 5. The Kier molecular flexibility index (Phi) is 6.44. The lowest BCUT2D eigenvalue weighted by molar-refractivity contribution is -0.275. The third-order valence-corrected chi connectivity index (χ3v) is 4.51. The molecule has 0 radical (unpaired) electrons. The monoisotopic (exact) mass is 478 g/mol. The summed E-state index contributed by atoms with van der Waals surface area (Å²) >= 11 is 0. The van der Waals surface area contributed by atoms with Crippen molar-refractivity contribution in [2.75, 3.05) is 0 Å². The number of phenols is 1. The van der Waals surface area contributed by atoms with E-state index in [-0.39, 0.29) is 17.7 Å². The number of halogens is 8. The highest BCUT2D eigenvalue weighted by Gasteiger charge is 2.43. The van der Waals surface area contributed by atoms with Crippen molar-refractivity contribution in [2.24, 2.45) is 0 Å². The molecule has 0 bridgehead atoms. The summed E-state index contributed by atoms with van der Waals surface area (Å²) < 4.78 is 117. The molecule has 0 saturated heterocycles. The largest absolute Gasteiger partial charge is 0.573 e. The van der Waals surface area contributed by atoms with Gasteiger partial charge in [0, 0.05) is 12.1 Å². The second-order valence-corrected chi connectivity index (χ2v) is 6.75. The first-order valence-corrected chi connectivity index (χ1v) is 9.25. The van der Waals surface area contributed by atoms with Crippen molar-refractivity contribution in [1.29, 1.82) is 0 Å². The quantitative estimate of drug-likeness (QED) is 0.386. The summed E-state index contributed by atoms with van der Waals surface area (Å²) in [6.45, 7) is 1.84. The molecule has 0 aliphatic rings. The standard InChI is InChI=1S/C22H14F8O3/c1-2-11-3-5-12(6-4-11)18-16(31)10-15(24)19(20(18)25)21(26,27)32-13-7-8-17(14(23)9-13)33-22(28,29)30/h3-10,31H,2H2,1H3. The van der Waals surface area contributed by atoms with Crippen LogP contribution in [0.4, 0.5) is 35.1 Å². The topological polar surface area (TPSA) is 38.7 Å². The molecule has 0 atom stereocenters. The van der Waals surface area contributed by atoms with Crippen molar-refractivity contribution in [3.8, 4) is 28.4 Å². The molecule has 0 amide bonds. The molecule has 11 heteroatoms. The molecule has 176 valence electrons. The van der Waals surface area contributed by atoms with E-state index in [1.807, 2.05) is 6.92 Å². The van der Waals surface area contributed by atoms with E-state index in [0.717, 1.165) is 5.56 Å². The first kappa shape index (κ1) is 24.1. The zero-order valence-corrected chi connectivity index (χ0v) is 16.6. The molecule has 0 aliphatic heterocycles. The van der Waals surface area contributed by atoms with E-state index in [0.29, 0.717) is 18.6 Å². The van der Waals surface area contributed by atoms with Crippen LogP contribution < -0.4 is 9.47 Å². The number of hydrogen-bond donors (Lipinski definition) is 1. The maximum absolute atomic E-state index is 15.0. The smallest absolute Gasteiger partial charge is 0.507 e. The van der Waals surface area contributed by atoms with Gasteiger partial charge in [0.25, 0.3) is 0 Å². The zero-order chi connectivity index (χ0) is 24.6. The fourth-order valence-corrected chi connectivity index (χ4v) is 3.01. The Morgan fingerprint density at radius 2 is 1.45 bits per heavy atom. The minimum Gasteiger partial charge on any atom is -0.507 e. The predicted molar refractivity (Wildman–Crippen MR) is 100 cm³/mol. The Morgan fingerprint density at radius 3 is 2.00 bits per heavy atom. The summed E-state index contributed by atoms with van der Waals surface area (Å²) in [6, 6.07) is 7.05. The van der Waals surface area contributed by atoms with Crippen molar-refractivity contribution >= 4 is 0 Å². The van der Waals surface area contributed by atoms with Crippen molar-refractivity contribution in [3.63, 3.8) is 0 Å². The van der Waals surface area contributed by atoms with Gasteiger partial charge >= 0.3 is 12.5 Å². The van der Waals surface area contributed by atoms with Gasteiger partial charge in [-0.3, -0.25) is 0 Å². The molecule has 1 N–H and O–H groups in total. The lowest BCUT2D eigenvalue weighted by Crippen LogP contribution is -2.25. The first-order valence-electron chi connectivity index (χ1n) is 9.25. The van der Waals surface area contributed by atoms with Crippen molar-refractivity contribution in [1.82, 2.24) is 0 Å². The highest BCUT2D eigenvalue weighted by atomic mass is 19.4. The third kappa shape index (κ3) is 5.29. The van der Waals surface area contributed by atoms with E-state index >= 15 is 4.39 Å². The van der Waals surface area contributed by atoms with Crippen LogP contribution in [0.5, 0.6) is 17.2 Å². The minimum absolute atomic E-state index is 0.0288. The lowest BCUT2D eigenvalue weighted by atomic mass is 9.98. The van der Waals surface area contributed by atoms with Gasteiger partial charge in [0.2, 0.25) is 0 Å². The average molecular weight is 478 g/mol. The molecule has 0 aliphatic carbocycles. The second-order valence-electron chi connectivity index (χ2n) is 6.75. The molecule has 33 heavy (non-hydrogen) atoms. The van der Waals surface area contributed by atoms with Crippen LogP contribution in [0.2, 0.25) is 0 Å². The van der Waals surface area contributed by atoms with Crippen LogP contribution in [0.3, 0.4) is 0 Å². The number of aryl methyl sites for hydroxylation is 1. The van der Waals surface area contributed by atoms with Gasteiger partial charge in [-0.15, -0.1) is 13.2 Å². The molecule has 0 aromatic heterocycles. The van der Waals surface area contributed by atoms with Gasteiger partial charge in [-0.25, -0.2) is 13.2 Å². The fraction of sp³-hybridized carbons (Fsp3) is 0.182. The predicted octanol–water partition coefficient (Wildman–Crippen LogP) is 7.07. The zero-order valence-electron chi connectivity index (χ0n) is 16.6. The van der Waals surface area contributed by atoms with E-state index in [4.69, 9.17) is 0 Å². The summed E-state index contributed by atoms with van der Waals surface area (Å²) in [5.74, 6) is -8.70.